The molecule has 1 aromatic carbocycles. The molecule has 0 radical (unpaired) electrons. The van der Waals surface area contributed by atoms with Gasteiger partial charge < -0.3 is 15.3 Å². The molecule has 1 aromatic rings. The van der Waals surface area contributed by atoms with E-state index < -0.39 is 17.4 Å². The van der Waals surface area contributed by atoms with E-state index in [2.05, 4.69) is 5.32 Å². The fraction of sp³-hybridized carbons (Fsp3) is 0.471. The number of carbonyl (C=O) groups excluding carboxylic acids is 2. The SMILES string of the molecule is CC(NC(=O)C(C)(C)C)C(=O)N(C)Cc1ccc(C(=O)O)cc1. The summed E-state index contributed by atoms with van der Waals surface area (Å²) in [5.74, 6) is -1.37. The summed E-state index contributed by atoms with van der Waals surface area (Å²) in [6.45, 7) is 7.35. The van der Waals surface area contributed by atoms with Gasteiger partial charge in [-0.1, -0.05) is 32.9 Å². The molecule has 126 valence electrons. The summed E-state index contributed by atoms with van der Waals surface area (Å²) in [7, 11) is 1.65. The summed E-state index contributed by atoms with van der Waals surface area (Å²) in [6.07, 6.45) is 0. The van der Waals surface area contributed by atoms with Crippen LogP contribution in [-0.4, -0.2) is 40.9 Å². The molecular weight excluding hydrogens is 296 g/mol. The summed E-state index contributed by atoms with van der Waals surface area (Å²) in [5.41, 5.74) is 0.466. The van der Waals surface area contributed by atoms with Crippen molar-refractivity contribution in [3.8, 4) is 0 Å². The Morgan fingerprint density at radius 2 is 1.70 bits per heavy atom. The molecule has 23 heavy (non-hydrogen) atoms. The zero-order valence-corrected chi connectivity index (χ0v) is 14.2. The second-order valence-electron chi connectivity index (χ2n) is 6.64. The van der Waals surface area contributed by atoms with Crippen molar-refractivity contribution >= 4 is 17.8 Å². The number of rotatable bonds is 5. The molecule has 1 rings (SSSR count). The molecule has 2 N–H and O–H groups in total. The molecule has 0 fully saturated rings. The lowest BCUT2D eigenvalue weighted by Crippen LogP contribution is -2.48. The van der Waals surface area contributed by atoms with E-state index >= 15 is 0 Å². The average molecular weight is 320 g/mol. The van der Waals surface area contributed by atoms with Gasteiger partial charge in [0.05, 0.1) is 5.56 Å². The lowest BCUT2D eigenvalue weighted by atomic mass is 9.95. The fourth-order valence-corrected chi connectivity index (χ4v) is 1.91. The van der Waals surface area contributed by atoms with Crippen LogP contribution in [0.25, 0.3) is 0 Å². The minimum Gasteiger partial charge on any atom is -0.478 e. The monoisotopic (exact) mass is 320 g/mol. The van der Waals surface area contributed by atoms with Crippen LogP contribution < -0.4 is 5.32 Å². The first kappa shape index (κ1) is 18.7. The highest BCUT2D eigenvalue weighted by molar-refractivity contribution is 5.89. The molecule has 1 atom stereocenters. The lowest BCUT2D eigenvalue weighted by molar-refractivity contribution is -0.137. The van der Waals surface area contributed by atoms with Gasteiger partial charge in [0.25, 0.3) is 0 Å². The maximum Gasteiger partial charge on any atom is 0.335 e. The number of amides is 2. The Morgan fingerprint density at radius 1 is 1.17 bits per heavy atom. The second-order valence-corrected chi connectivity index (χ2v) is 6.64. The van der Waals surface area contributed by atoms with Crippen molar-refractivity contribution in [3.05, 3.63) is 35.4 Å². The predicted molar refractivity (Wildman–Crippen MR) is 86.9 cm³/mol. The van der Waals surface area contributed by atoms with Crippen LogP contribution >= 0.6 is 0 Å². The zero-order chi connectivity index (χ0) is 17.8. The standard InChI is InChI=1S/C17H24N2O4/c1-11(18-16(23)17(2,3)4)14(20)19(5)10-12-6-8-13(9-7-12)15(21)22/h6-9,11H,10H2,1-5H3,(H,18,23)(H,21,22). The highest BCUT2D eigenvalue weighted by Gasteiger charge is 2.26. The van der Waals surface area contributed by atoms with Crippen LogP contribution in [0.5, 0.6) is 0 Å². The third-order valence-electron chi connectivity index (χ3n) is 3.40. The number of hydrogen-bond acceptors (Lipinski definition) is 3. The summed E-state index contributed by atoms with van der Waals surface area (Å²) in [5, 5.41) is 11.6. The van der Waals surface area contributed by atoms with Crippen LogP contribution in [0.3, 0.4) is 0 Å². The predicted octanol–water partition coefficient (Wildman–Crippen LogP) is 1.89. The third-order valence-corrected chi connectivity index (χ3v) is 3.40. The molecule has 0 saturated heterocycles. The Hall–Kier alpha value is -2.37. The van der Waals surface area contributed by atoms with E-state index in [1.807, 2.05) is 0 Å². The van der Waals surface area contributed by atoms with Crippen LogP contribution in [0, 0.1) is 5.41 Å². The van der Waals surface area contributed by atoms with E-state index in [1.54, 1.807) is 46.9 Å². The molecule has 0 aromatic heterocycles. The maximum atomic E-state index is 12.3. The first-order valence-electron chi connectivity index (χ1n) is 7.40. The molecule has 0 spiro atoms. The topological polar surface area (TPSA) is 86.7 Å². The van der Waals surface area contributed by atoms with E-state index in [0.29, 0.717) is 6.54 Å². The first-order valence-corrected chi connectivity index (χ1v) is 7.40. The van der Waals surface area contributed by atoms with Crippen LogP contribution in [0.4, 0.5) is 0 Å². The van der Waals surface area contributed by atoms with Gasteiger partial charge in [-0.2, -0.15) is 0 Å². The Morgan fingerprint density at radius 3 is 2.13 bits per heavy atom. The van der Waals surface area contributed by atoms with Gasteiger partial charge in [0, 0.05) is 19.0 Å². The van der Waals surface area contributed by atoms with E-state index in [0.717, 1.165) is 5.56 Å². The molecule has 0 aliphatic heterocycles. The van der Waals surface area contributed by atoms with E-state index in [1.165, 1.54) is 17.0 Å². The lowest BCUT2D eigenvalue weighted by Gasteiger charge is -2.25. The zero-order valence-electron chi connectivity index (χ0n) is 14.2. The number of hydrogen-bond donors (Lipinski definition) is 2. The summed E-state index contributed by atoms with van der Waals surface area (Å²) >= 11 is 0. The van der Waals surface area contributed by atoms with Gasteiger partial charge in [-0.25, -0.2) is 4.79 Å². The number of carbonyl (C=O) groups is 3. The molecule has 2 amide bonds. The van der Waals surface area contributed by atoms with Crippen molar-refractivity contribution < 1.29 is 19.5 Å². The van der Waals surface area contributed by atoms with Gasteiger partial charge in [0.2, 0.25) is 11.8 Å². The molecule has 1 unspecified atom stereocenters. The van der Waals surface area contributed by atoms with Crippen molar-refractivity contribution in [2.45, 2.75) is 40.3 Å². The Kier molecular flexibility index (Phi) is 5.90. The Balaban J connectivity index is 2.66. The molecular formula is C17H24N2O4. The van der Waals surface area contributed by atoms with Crippen LogP contribution in [-0.2, 0) is 16.1 Å². The van der Waals surface area contributed by atoms with E-state index in [4.69, 9.17) is 5.11 Å². The number of nitrogens with one attached hydrogen (secondary N) is 1. The summed E-state index contributed by atoms with van der Waals surface area (Å²) in [6, 6.07) is 5.73. The number of nitrogens with zero attached hydrogens (tertiary/aromatic N) is 1. The summed E-state index contributed by atoms with van der Waals surface area (Å²) < 4.78 is 0. The normalized spacial score (nSPS) is 12.4. The minimum absolute atomic E-state index is 0.183. The average Bonchev–Trinajstić information content (AvgIpc) is 2.45. The highest BCUT2D eigenvalue weighted by atomic mass is 16.4. The number of benzene rings is 1. The number of carboxylic acids is 1. The van der Waals surface area contributed by atoms with Gasteiger partial charge in [0.1, 0.15) is 6.04 Å². The van der Waals surface area contributed by atoms with Gasteiger partial charge in [0.15, 0.2) is 0 Å². The van der Waals surface area contributed by atoms with Crippen LogP contribution in [0.1, 0.15) is 43.6 Å². The van der Waals surface area contributed by atoms with Crippen molar-refractivity contribution in [2.75, 3.05) is 7.05 Å². The highest BCUT2D eigenvalue weighted by Crippen LogP contribution is 2.13. The Bertz CT molecular complexity index is 588. The molecule has 6 nitrogen and oxygen atoms in total. The van der Waals surface area contributed by atoms with Crippen molar-refractivity contribution in [1.82, 2.24) is 10.2 Å². The number of aromatic carboxylic acids is 1. The van der Waals surface area contributed by atoms with Crippen molar-refractivity contribution in [2.24, 2.45) is 5.41 Å². The maximum absolute atomic E-state index is 12.3. The van der Waals surface area contributed by atoms with Gasteiger partial charge in [-0.15, -0.1) is 0 Å². The van der Waals surface area contributed by atoms with E-state index in [9.17, 15) is 14.4 Å². The van der Waals surface area contributed by atoms with Gasteiger partial charge in [-0.05, 0) is 24.6 Å². The third kappa shape index (κ3) is 5.39. The molecule has 0 aliphatic carbocycles. The first-order chi connectivity index (χ1) is 10.5. The smallest absolute Gasteiger partial charge is 0.335 e. The molecule has 0 bridgehead atoms. The largest absolute Gasteiger partial charge is 0.478 e. The van der Waals surface area contributed by atoms with Gasteiger partial charge in [-0.3, -0.25) is 9.59 Å². The van der Waals surface area contributed by atoms with Gasteiger partial charge >= 0.3 is 5.97 Å². The second kappa shape index (κ2) is 7.26. The number of likely N-dealkylation sites (N-methyl/N-ethyl adjacent to an activating group) is 1. The molecule has 6 heteroatoms. The van der Waals surface area contributed by atoms with Crippen molar-refractivity contribution in [1.29, 1.82) is 0 Å². The fourth-order valence-electron chi connectivity index (χ4n) is 1.91. The molecule has 0 saturated carbocycles. The minimum atomic E-state index is -0.987. The Labute approximate surface area is 136 Å². The molecule has 0 aliphatic rings. The van der Waals surface area contributed by atoms with Crippen molar-refractivity contribution in [3.63, 3.8) is 0 Å². The van der Waals surface area contributed by atoms with Crippen LogP contribution in [0.15, 0.2) is 24.3 Å². The van der Waals surface area contributed by atoms with Crippen LogP contribution in [0.2, 0.25) is 0 Å². The molecule has 0 heterocycles. The quantitative estimate of drug-likeness (QED) is 0.867. The van der Waals surface area contributed by atoms with E-state index in [-0.39, 0.29) is 17.4 Å². The number of carboxylic acid groups (broad SMARTS) is 1. The summed E-state index contributed by atoms with van der Waals surface area (Å²) in [4.78, 5) is 36.5.